The second-order valence-corrected chi connectivity index (χ2v) is 8.23. The van der Waals surface area contributed by atoms with Gasteiger partial charge in [0.05, 0.1) is 17.8 Å². The molecule has 3 unspecified atom stereocenters. The molecule has 2 aromatic rings. The van der Waals surface area contributed by atoms with Gasteiger partial charge in [0, 0.05) is 30.7 Å². The van der Waals surface area contributed by atoms with Crippen LogP contribution in [0.4, 0.5) is 20.4 Å². The first kappa shape index (κ1) is 20.5. The molecular weight excluding hydrogens is 390 g/mol. The maximum atomic E-state index is 14.6. The van der Waals surface area contributed by atoms with Crippen molar-refractivity contribution in [3.05, 3.63) is 47.8 Å². The van der Waals surface area contributed by atoms with Crippen LogP contribution in [0.25, 0.3) is 0 Å². The summed E-state index contributed by atoms with van der Waals surface area (Å²) in [4.78, 5) is 22.0. The van der Waals surface area contributed by atoms with Gasteiger partial charge in [-0.2, -0.15) is 0 Å². The van der Waals surface area contributed by atoms with Crippen molar-refractivity contribution in [2.75, 3.05) is 23.3 Å². The molecule has 6 nitrogen and oxygen atoms in total. The molecule has 0 bridgehead atoms. The van der Waals surface area contributed by atoms with Gasteiger partial charge in [0.2, 0.25) is 5.95 Å². The Morgan fingerprint density at radius 2 is 1.93 bits per heavy atom. The van der Waals surface area contributed by atoms with E-state index in [-0.39, 0.29) is 23.7 Å². The molecule has 2 fully saturated rings. The van der Waals surface area contributed by atoms with E-state index in [4.69, 9.17) is 0 Å². The first-order chi connectivity index (χ1) is 14.5. The number of halogens is 2. The van der Waals surface area contributed by atoms with Crippen LogP contribution in [-0.2, 0) is 4.79 Å². The van der Waals surface area contributed by atoms with Crippen molar-refractivity contribution in [3.8, 4) is 0 Å². The fourth-order valence-corrected chi connectivity index (χ4v) is 4.55. The zero-order valence-corrected chi connectivity index (χ0v) is 16.7. The van der Waals surface area contributed by atoms with Crippen LogP contribution in [0.1, 0.15) is 50.1 Å². The molecule has 0 radical (unpaired) electrons. The van der Waals surface area contributed by atoms with Gasteiger partial charge in [0.15, 0.2) is 5.82 Å². The van der Waals surface area contributed by atoms with Gasteiger partial charge in [-0.25, -0.2) is 18.7 Å². The minimum Gasteiger partial charge on any atom is -0.481 e. The standard InChI is InChI=1S/C22H26F2N4O2/c23-16-6-8-18(9-7-16)28-10-2-4-15(13-28)20-19(24)12-25-22(27-20)26-17-5-1-3-14(11-17)21(29)30/h6-9,12,14-15,17H,1-5,10-11,13H2,(H,29,30)(H,25,26,27). The summed E-state index contributed by atoms with van der Waals surface area (Å²) in [5.41, 5.74) is 1.29. The highest BCUT2D eigenvalue weighted by atomic mass is 19.1. The highest BCUT2D eigenvalue weighted by molar-refractivity contribution is 5.70. The Morgan fingerprint density at radius 3 is 2.70 bits per heavy atom. The van der Waals surface area contributed by atoms with Gasteiger partial charge in [-0.3, -0.25) is 4.79 Å². The molecule has 1 aromatic heterocycles. The Morgan fingerprint density at radius 1 is 1.13 bits per heavy atom. The molecule has 0 amide bonds. The quantitative estimate of drug-likeness (QED) is 0.761. The molecular formula is C22H26F2N4O2. The topological polar surface area (TPSA) is 78.3 Å². The summed E-state index contributed by atoms with van der Waals surface area (Å²) in [7, 11) is 0. The molecule has 1 aliphatic heterocycles. The molecule has 1 aliphatic carbocycles. The van der Waals surface area contributed by atoms with Crippen molar-refractivity contribution in [2.45, 2.75) is 50.5 Å². The molecule has 1 saturated heterocycles. The van der Waals surface area contributed by atoms with Gasteiger partial charge >= 0.3 is 5.97 Å². The maximum absolute atomic E-state index is 14.6. The average Bonchev–Trinajstić information content (AvgIpc) is 2.76. The fraction of sp³-hybridized carbons (Fsp3) is 0.500. The van der Waals surface area contributed by atoms with Crippen LogP contribution in [0.5, 0.6) is 0 Å². The van der Waals surface area contributed by atoms with Crippen LogP contribution in [-0.4, -0.2) is 40.2 Å². The van der Waals surface area contributed by atoms with Crippen molar-refractivity contribution >= 4 is 17.6 Å². The Hall–Kier alpha value is -2.77. The van der Waals surface area contributed by atoms with E-state index < -0.39 is 11.8 Å². The second-order valence-electron chi connectivity index (χ2n) is 8.23. The van der Waals surface area contributed by atoms with Crippen LogP contribution in [0.15, 0.2) is 30.5 Å². The molecule has 2 heterocycles. The lowest BCUT2D eigenvalue weighted by Gasteiger charge is -2.34. The van der Waals surface area contributed by atoms with Crippen LogP contribution in [0, 0.1) is 17.6 Å². The Bertz CT molecular complexity index is 893. The molecule has 1 saturated carbocycles. The summed E-state index contributed by atoms with van der Waals surface area (Å²) in [5.74, 6) is -1.59. The van der Waals surface area contributed by atoms with Gasteiger partial charge in [-0.1, -0.05) is 6.42 Å². The number of anilines is 2. The number of carbonyl (C=O) groups is 1. The van der Waals surface area contributed by atoms with E-state index in [1.807, 2.05) is 0 Å². The third-order valence-electron chi connectivity index (χ3n) is 6.13. The number of carboxylic acids is 1. The summed E-state index contributed by atoms with van der Waals surface area (Å²) in [6, 6.07) is 6.31. The number of piperidine rings is 1. The molecule has 2 aliphatic rings. The van der Waals surface area contributed by atoms with Gasteiger partial charge in [0.25, 0.3) is 0 Å². The predicted molar refractivity (Wildman–Crippen MR) is 110 cm³/mol. The number of carboxylic acid groups (broad SMARTS) is 1. The largest absolute Gasteiger partial charge is 0.481 e. The SMILES string of the molecule is O=C(O)C1CCCC(Nc2ncc(F)c(C3CCCN(c4ccc(F)cc4)C3)n2)C1. The van der Waals surface area contributed by atoms with E-state index >= 15 is 0 Å². The molecule has 8 heteroatoms. The van der Waals surface area contributed by atoms with Gasteiger partial charge in [-0.05, 0) is 56.4 Å². The molecule has 30 heavy (non-hydrogen) atoms. The molecule has 3 atom stereocenters. The zero-order valence-electron chi connectivity index (χ0n) is 16.7. The Labute approximate surface area is 174 Å². The Kier molecular flexibility index (Phi) is 6.11. The first-order valence-corrected chi connectivity index (χ1v) is 10.5. The monoisotopic (exact) mass is 416 g/mol. The summed E-state index contributed by atoms with van der Waals surface area (Å²) < 4.78 is 27.8. The lowest BCUT2D eigenvalue weighted by molar-refractivity contribution is -0.142. The first-order valence-electron chi connectivity index (χ1n) is 10.5. The number of nitrogens with one attached hydrogen (secondary N) is 1. The maximum Gasteiger partial charge on any atom is 0.306 e. The molecule has 0 spiro atoms. The lowest BCUT2D eigenvalue weighted by Crippen LogP contribution is -2.35. The minimum atomic E-state index is -0.773. The smallest absolute Gasteiger partial charge is 0.306 e. The second kappa shape index (κ2) is 8.93. The number of benzene rings is 1. The highest BCUT2D eigenvalue weighted by Crippen LogP contribution is 2.31. The van der Waals surface area contributed by atoms with E-state index in [9.17, 15) is 18.7 Å². The van der Waals surface area contributed by atoms with E-state index in [2.05, 4.69) is 20.2 Å². The van der Waals surface area contributed by atoms with Crippen molar-refractivity contribution < 1.29 is 18.7 Å². The van der Waals surface area contributed by atoms with E-state index in [1.54, 1.807) is 12.1 Å². The third kappa shape index (κ3) is 4.68. The summed E-state index contributed by atoms with van der Waals surface area (Å²) in [6.45, 7) is 1.43. The third-order valence-corrected chi connectivity index (χ3v) is 6.13. The number of nitrogens with zero attached hydrogens (tertiary/aromatic N) is 3. The number of rotatable bonds is 5. The van der Waals surface area contributed by atoms with Crippen LogP contribution in [0.3, 0.4) is 0 Å². The van der Waals surface area contributed by atoms with E-state index in [1.165, 1.54) is 18.3 Å². The summed E-state index contributed by atoms with van der Waals surface area (Å²) in [5, 5.41) is 12.5. The zero-order chi connectivity index (χ0) is 21.1. The van der Waals surface area contributed by atoms with E-state index in [0.29, 0.717) is 31.0 Å². The molecule has 2 N–H and O–H groups in total. The highest BCUT2D eigenvalue weighted by Gasteiger charge is 2.29. The average molecular weight is 416 g/mol. The van der Waals surface area contributed by atoms with Crippen LogP contribution < -0.4 is 10.2 Å². The fourth-order valence-electron chi connectivity index (χ4n) is 4.55. The van der Waals surface area contributed by atoms with Crippen molar-refractivity contribution in [3.63, 3.8) is 0 Å². The van der Waals surface area contributed by atoms with Crippen LogP contribution >= 0.6 is 0 Å². The van der Waals surface area contributed by atoms with Crippen molar-refractivity contribution in [2.24, 2.45) is 5.92 Å². The van der Waals surface area contributed by atoms with E-state index in [0.717, 1.165) is 37.9 Å². The molecule has 4 rings (SSSR count). The number of aromatic nitrogens is 2. The normalized spacial score (nSPS) is 24.5. The number of aliphatic carboxylic acids is 1. The van der Waals surface area contributed by atoms with Gasteiger partial charge in [0.1, 0.15) is 5.82 Å². The van der Waals surface area contributed by atoms with Crippen molar-refractivity contribution in [1.29, 1.82) is 0 Å². The van der Waals surface area contributed by atoms with Gasteiger partial charge < -0.3 is 15.3 Å². The van der Waals surface area contributed by atoms with Crippen molar-refractivity contribution in [1.82, 2.24) is 9.97 Å². The Balaban J connectivity index is 1.47. The minimum absolute atomic E-state index is 0.0276. The summed E-state index contributed by atoms with van der Waals surface area (Å²) >= 11 is 0. The number of hydrogen-bond donors (Lipinski definition) is 2. The molecule has 1 aromatic carbocycles. The summed E-state index contributed by atoms with van der Waals surface area (Å²) in [6.07, 6.45) is 5.78. The predicted octanol–water partition coefficient (Wildman–Crippen LogP) is 4.19. The molecule has 160 valence electrons. The number of hydrogen-bond acceptors (Lipinski definition) is 5. The lowest BCUT2D eigenvalue weighted by atomic mass is 9.86. The van der Waals surface area contributed by atoms with Gasteiger partial charge in [-0.15, -0.1) is 0 Å². The van der Waals surface area contributed by atoms with Crippen LogP contribution in [0.2, 0.25) is 0 Å².